The second-order valence-electron chi connectivity index (χ2n) is 6.90. The minimum Gasteiger partial charge on any atom is -0.250 e. The first kappa shape index (κ1) is 15.2. The zero-order chi connectivity index (χ0) is 17.5. The molecule has 3 nitrogen and oxygen atoms in total. The number of aromatic nitrogens is 3. The van der Waals surface area contributed by atoms with Crippen LogP contribution in [0.25, 0.3) is 33.5 Å². The molecule has 2 aromatic heterocycles. The number of hydrogen-bond acceptors (Lipinski definition) is 3. The van der Waals surface area contributed by atoms with E-state index in [1.54, 1.807) is 0 Å². The molecule has 0 radical (unpaired) electrons. The zero-order valence-electron chi connectivity index (χ0n) is 14.7. The van der Waals surface area contributed by atoms with Gasteiger partial charge in [-0.3, -0.25) is 0 Å². The zero-order valence-corrected chi connectivity index (χ0v) is 14.7. The van der Waals surface area contributed by atoms with Gasteiger partial charge in [-0.2, -0.15) is 0 Å². The van der Waals surface area contributed by atoms with Gasteiger partial charge in [-0.15, -0.1) is 0 Å². The van der Waals surface area contributed by atoms with Gasteiger partial charge in [0.25, 0.3) is 0 Å². The molecule has 0 saturated heterocycles. The van der Waals surface area contributed by atoms with Crippen LogP contribution in [0.5, 0.6) is 0 Å². The van der Waals surface area contributed by atoms with E-state index in [4.69, 9.17) is 9.97 Å². The van der Waals surface area contributed by atoms with E-state index in [0.29, 0.717) is 0 Å². The van der Waals surface area contributed by atoms with Crippen molar-refractivity contribution in [3.05, 3.63) is 77.6 Å². The van der Waals surface area contributed by atoms with Crippen LogP contribution in [0.15, 0.2) is 60.7 Å². The van der Waals surface area contributed by atoms with Crippen molar-refractivity contribution < 1.29 is 0 Å². The van der Waals surface area contributed by atoms with Crippen molar-refractivity contribution in [2.24, 2.45) is 0 Å². The number of benzene rings is 2. The molecule has 0 bridgehead atoms. The third-order valence-corrected chi connectivity index (χ3v) is 5.07. The highest BCUT2D eigenvalue weighted by atomic mass is 14.9. The summed E-state index contributed by atoms with van der Waals surface area (Å²) in [5, 5.41) is 2.49. The molecule has 0 atom stereocenters. The van der Waals surface area contributed by atoms with Crippen molar-refractivity contribution in [1.29, 1.82) is 0 Å². The molecule has 3 heteroatoms. The Morgan fingerprint density at radius 3 is 2.54 bits per heavy atom. The molecule has 126 valence electrons. The smallest absolute Gasteiger partial charge is 0.178 e. The summed E-state index contributed by atoms with van der Waals surface area (Å²) in [6, 6.07) is 21.1. The summed E-state index contributed by atoms with van der Waals surface area (Å²) in [6.45, 7) is 2.00. The average molecular weight is 337 g/mol. The molecule has 2 aromatic carbocycles. The predicted octanol–water partition coefficient (Wildman–Crippen LogP) is 5.16. The highest BCUT2D eigenvalue weighted by Gasteiger charge is 2.21. The van der Waals surface area contributed by atoms with Crippen LogP contribution >= 0.6 is 0 Å². The van der Waals surface area contributed by atoms with E-state index in [9.17, 15) is 0 Å². The number of hydrogen-bond donors (Lipinski definition) is 0. The molecule has 0 N–H and O–H groups in total. The number of aryl methyl sites for hydroxylation is 2. The molecule has 0 fully saturated rings. The molecule has 0 saturated carbocycles. The van der Waals surface area contributed by atoms with Crippen LogP contribution in [0.2, 0.25) is 0 Å². The van der Waals surface area contributed by atoms with E-state index in [2.05, 4.69) is 47.4 Å². The first-order chi connectivity index (χ1) is 12.8. The Hall–Kier alpha value is -3.07. The van der Waals surface area contributed by atoms with Gasteiger partial charge in [0.2, 0.25) is 0 Å². The van der Waals surface area contributed by atoms with Crippen molar-refractivity contribution in [3.8, 4) is 22.8 Å². The number of fused-ring (bicyclic) bond motifs is 2. The molecule has 0 spiro atoms. The Labute approximate surface area is 152 Å². The van der Waals surface area contributed by atoms with Gasteiger partial charge in [-0.25, -0.2) is 15.0 Å². The fourth-order valence-corrected chi connectivity index (χ4v) is 3.79. The Balaban J connectivity index is 1.72. The fraction of sp³-hybridized carbons (Fsp3) is 0.174. The van der Waals surface area contributed by atoms with Crippen LogP contribution in [-0.2, 0) is 12.8 Å². The molecule has 0 amide bonds. The van der Waals surface area contributed by atoms with Crippen LogP contribution in [0.1, 0.15) is 23.4 Å². The van der Waals surface area contributed by atoms with Gasteiger partial charge in [-0.05, 0) is 55.2 Å². The second kappa shape index (κ2) is 6.03. The summed E-state index contributed by atoms with van der Waals surface area (Å²) in [6.07, 6.45) is 3.23. The van der Waals surface area contributed by atoms with Gasteiger partial charge in [0.1, 0.15) is 5.69 Å². The monoisotopic (exact) mass is 337 g/mol. The number of nitrogens with zero attached hydrogens (tertiary/aromatic N) is 3. The van der Waals surface area contributed by atoms with Crippen molar-refractivity contribution in [3.63, 3.8) is 0 Å². The maximum Gasteiger partial charge on any atom is 0.178 e. The van der Waals surface area contributed by atoms with Crippen molar-refractivity contribution in [2.75, 3.05) is 0 Å². The number of rotatable bonds is 2. The first-order valence-corrected chi connectivity index (χ1v) is 9.11. The topological polar surface area (TPSA) is 38.7 Å². The summed E-state index contributed by atoms with van der Waals surface area (Å²) < 4.78 is 0. The Morgan fingerprint density at radius 1 is 0.769 bits per heavy atom. The van der Waals surface area contributed by atoms with E-state index in [1.165, 1.54) is 22.0 Å². The molecular formula is C23H19N3. The van der Waals surface area contributed by atoms with Gasteiger partial charge >= 0.3 is 0 Å². The first-order valence-electron chi connectivity index (χ1n) is 9.11. The Morgan fingerprint density at radius 2 is 1.65 bits per heavy atom. The summed E-state index contributed by atoms with van der Waals surface area (Å²) in [4.78, 5) is 14.4. The lowest BCUT2D eigenvalue weighted by atomic mass is 10.0. The lowest BCUT2D eigenvalue weighted by molar-refractivity contribution is 0.899. The second-order valence-corrected chi connectivity index (χ2v) is 6.90. The third-order valence-electron chi connectivity index (χ3n) is 5.07. The lowest BCUT2D eigenvalue weighted by Crippen LogP contribution is -2.01. The summed E-state index contributed by atoms with van der Waals surface area (Å²) in [7, 11) is 0. The van der Waals surface area contributed by atoms with Crippen molar-refractivity contribution in [1.82, 2.24) is 15.0 Å². The average Bonchev–Trinajstić information content (AvgIpc) is 3.15. The maximum absolute atomic E-state index is 4.96. The van der Waals surface area contributed by atoms with Crippen LogP contribution < -0.4 is 0 Å². The minimum atomic E-state index is 0.734. The summed E-state index contributed by atoms with van der Waals surface area (Å²) in [5.41, 5.74) is 6.55. The Bertz CT molecular complexity index is 1130. The third kappa shape index (κ3) is 2.57. The number of pyridine rings is 1. The molecule has 1 aliphatic carbocycles. The predicted molar refractivity (Wildman–Crippen MR) is 105 cm³/mol. The quantitative estimate of drug-likeness (QED) is 0.507. The summed E-state index contributed by atoms with van der Waals surface area (Å²) in [5.74, 6) is 0.734. The SMILES string of the molecule is Cc1cccc(-c2nc3c(c(-c4ccc5ccccc5c4)n2)CCC3)n1. The maximum atomic E-state index is 4.96. The van der Waals surface area contributed by atoms with Gasteiger partial charge in [0.15, 0.2) is 5.82 Å². The Kier molecular flexibility index (Phi) is 3.52. The molecule has 0 unspecified atom stereocenters. The van der Waals surface area contributed by atoms with Crippen LogP contribution in [0, 0.1) is 6.92 Å². The highest BCUT2D eigenvalue weighted by Crippen LogP contribution is 2.33. The molecule has 5 rings (SSSR count). The van der Waals surface area contributed by atoms with Gasteiger partial charge in [-0.1, -0.05) is 42.5 Å². The summed E-state index contributed by atoms with van der Waals surface area (Å²) >= 11 is 0. The molecule has 26 heavy (non-hydrogen) atoms. The molecule has 2 heterocycles. The van der Waals surface area contributed by atoms with Gasteiger partial charge < -0.3 is 0 Å². The van der Waals surface area contributed by atoms with Gasteiger partial charge in [0.05, 0.1) is 5.69 Å². The largest absolute Gasteiger partial charge is 0.250 e. The van der Waals surface area contributed by atoms with E-state index in [0.717, 1.165) is 47.7 Å². The van der Waals surface area contributed by atoms with Gasteiger partial charge in [0, 0.05) is 22.5 Å². The van der Waals surface area contributed by atoms with E-state index >= 15 is 0 Å². The molecular weight excluding hydrogens is 318 g/mol. The fourth-order valence-electron chi connectivity index (χ4n) is 3.79. The van der Waals surface area contributed by atoms with E-state index in [-0.39, 0.29) is 0 Å². The van der Waals surface area contributed by atoms with Crippen molar-refractivity contribution in [2.45, 2.75) is 26.2 Å². The van der Waals surface area contributed by atoms with Crippen LogP contribution in [-0.4, -0.2) is 15.0 Å². The molecule has 0 aliphatic heterocycles. The van der Waals surface area contributed by atoms with Crippen molar-refractivity contribution >= 4 is 10.8 Å². The standard InChI is InChI=1S/C23H19N3/c1-15-6-4-11-21(24-15)23-25-20-10-5-9-19(20)22(26-23)18-13-12-16-7-2-3-8-17(16)14-18/h2-4,6-8,11-14H,5,9-10H2,1H3. The minimum absolute atomic E-state index is 0.734. The van der Waals surface area contributed by atoms with E-state index < -0.39 is 0 Å². The molecule has 1 aliphatic rings. The van der Waals surface area contributed by atoms with E-state index in [1.807, 2.05) is 25.1 Å². The lowest BCUT2D eigenvalue weighted by Gasteiger charge is -2.11. The highest BCUT2D eigenvalue weighted by molar-refractivity contribution is 5.87. The normalized spacial score (nSPS) is 13.1. The van der Waals surface area contributed by atoms with Crippen LogP contribution in [0.4, 0.5) is 0 Å². The molecule has 4 aromatic rings. The van der Waals surface area contributed by atoms with Crippen LogP contribution in [0.3, 0.4) is 0 Å².